The standard InChI is InChI=1S/C9H12F3N3/c1-5-7(2-6-3-13-4-6)15-8(14-5)9(10,11)12/h6,13H,2-4H2,1H3,(H,14,15). The van der Waals surface area contributed by atoms with E-state index in [0.717, 1.165) is 13.1 Å². The van der Waals surface area contributed by atoms with Crippen molar-refractivity contribution in [3.63, 3.8) is 0 Å². The lowest BCUT2D eigenvalue weighted by atomic mass is 9.97. The molecule has 6 heteroatoms. The van der Waals surface area contributed by atoms with Crippen LogP contribution in [0.25, 0.3) is 0 Å². The molecule has 2 rings (SSSR count). The number of nitrogens with zero attached hydrogens (tertiary/aromatic N) is 1. The number of hydrogen-bond acceptors (Lipinski definition) is 2. The zero-order valence-corrected chi connectivity index (χ0v) is 8.28. The number of H-pyrrole nitrogens is 1. The molecule has 1 fully saturated rings. The normalized spacial score (nSPS) is 17.9. The molecule has 0 amide bonds. The predicted octanol–water partition coefficient (Wildman–Crippen LogP) is 1.50. The zero-order valence-electron chi connectivity index (χ0n) is 8.28. The van der Waals surface area contributed by atoms with Crippen LogP contribution in [-0.4, -0.2) is 23.1 Å². The third kappa shape index (κ3) is 2.14. The molecule has 0 saturated carbocycles. The topological polar surface area (TPSA) is 40.7 Å². The van der Waals surface area contributed by atoms with Crippen molar-refractivity contribution < 1.29 is 13.2 Å². The third-order valence-corrected chi connectivity index (χ3v) is 2.60. The maximum absolute atomic E-state index is 12.3. The summed E-state index contributed by atoms with van der Waals surface area (Å²) < 4.78 is 36.9. The van der Waals surface area contributed by atoms with Crippen molar-refractivity contribution in [3.05, 3.63) is 17.2 Å². The molecule has 2 heterocycles. The average molecular weight is 219 g/mol. The highest BCUT2D eigenvalue weighted by Gasteiger charge is 2.35. The highest BCUT2D eigenvalue weighted by molar-refractivity contribution is 5.15. The van der Waals surface area contributed by atoms with Gasteiger partial charge in [0.25, 0.3) is 0 Å². The van der Waals surface area contributed by atoms with Crippen LogP contribution >= 0.6 is 0 Å². The van der Waals surface area contributed by atoms with Crippen LogP contribution in [0.3, 0.4) is 0 Å². The first-order valence-electron chi connectivity index (χ1n) is 4.80. The van der Waals surface area contributed by atoms with E-state index >= 15 is 0 Å². The fourth-order valence-corrected chi connectivity index (χ4v) is 1.60. The fraction of sp³-hybridized carbons (Fsp3) is 0.667. The second-order valence-corrected chi connectivity index (χ2v) is 3.88. The molecule has 1 saturated heterocycles. The minimum atomic E-state index is -4.37. The lowest BCUT2D eigenvalue weighted by Gasteiger charge is -2.26. The molecule has 0 aliphatic carbocycles. The Balaban J connectivity index is 2.13. The van der Waals surface area contributed by atoms with Crippen molar-refractivity contribution in [2.45, 2.75) is 19.5 Å². The van der Waals surface area contributed by atoms with Gasteiger partial charge in [0.15, 0.2) is 0 Å². The van der Waals surface area contributed by atoms with Gasteiger partial charge < -0.3 is 10.3 Å². The van der Waals surface area contributed by atoms with Gasteiger partial charge in [-0.1, -0.05) is 0 Å². The summed E-state index contributed by atoms with van der Waals surface area (Å²) in [7, 11) is 0. The maximum Gasteiger partial charge on any atom is 0.449 e. The van der Waals surface area contributed by atoms with Crippen LogP contribution in [0.1, 0.15) is 17.2 Å². The van der Waals surface area contributed by atoms with E-state index < -0.39 is 12.0 Å². The van der Waals surface area contributed by atoms with E-state index in [1.807, 2.05) is 0 Å². The van der Waals surface area contributed by atoms with E-state index in [1.165, 1.54) is 0 Å². The van der Waals surface area contributed by atoms with Gasteiger partial charge in [-0.2, -0.15) is 13.2 Å². The lowest BCUT2D eigenvalue weighted by molar-refractivity contribution is -0.144. The van der Waals surface area contributed by atoms with Gasteiger partial charge in [0.1, 0.15) is 0 Å². The van der Waals surface area contributed by atoms with E-state index in [-0.39, 0.29) is 0 Å². The molecule has 15 heavy (non-hydrogen) atoms. The summed E-state index contributed by atoms with van der Waals surface area (Å²) in [5.41, 5.74) is 1.06. The first kappa shape index (κ1) is 10.5. The lowest BCUT2D eigenvalue weighted by Crippen LogP contribution is -2.43. The van der Waals surface area contributed by atoms with E-state index in [1.54, 1.807) is 6.92 Å². The Labute approximate surface area is 85.1 Å². The zero-order chi connectivity index (χ0) is 11.1. The Morgan fingerprint density at radius 1 is 1.40 bits per heavy atom. The molecule has 3 nitrogen and oxygen atoms in total. The van der Waals surface area contributed by atoms with Crippen LogP contribution in [0.15, 0.2) is 0 Å². The molecule has 0 aromatic carbocycles. The minimum Gasteiger partial charge on any atom is -0.338 e. The number of aromatic nitrogens is 2. The van der Waals surface area contributed by atoms with Crippen LogP contribution < -0.4 is 5.32 Å². The molecule has 0 radical (unpaired) electrons. The summed E-state index contributed by atoms with van der Waals surface area (Å²) in [6.45, 7) is 3.37. The Morgan fingerprint density at radius 2 is 2.07 bits per heavy atom. The van der Waals surface area contributed by atoms with Gasteiger partial charge in [-0.05, 0) is 32.4 Å². The Bertz CT molecular complexity index is 352. The van der Waals surface area contributed by atoms with Crippen molar-refractivity contribution in [1.82, 2.24) is 15.3 Å². The van der Waals surface area contributed by atoms with E-state index in [9.17, 15) is 13.2 Å². The fourth-order valence-electron chi connectivity index (χ4n) is 1.60. The van der Waals surface area contributed by atoms with Crippen molar-refractivity contribution in [3.8, 4) is 0 Å². The number of alkyl halides is 3. The van der Waals surface area contributed by atoms with Crippen molar-refractivity contribution >= 4 is 0 Å². The van der Waals surface area contributed by atoms with Gasteiger partial charge in [-0.3, -0.25) is 0 Å². The van der Waals surface area contributed by atoms with Crippen molar-refractivity contribution in [2.24, 2.45) is 5.92 Å². The van der Waals surface area contributed by atoms with Crippen LogP contribution in [0.5, 0.6) is 0 Å². The number of halogens is 3. The smallest absolute Gasteiger partial charge is 0.338 e. The summed E-state index contributed by atoms with van der Waals surface area (Å²) >= 11 is 0. The largest absolute Gasteiger partial charge is 0.449 e. The molecule has 1 aliphatic rings. The SMILES string of the molecule is Cc1[nH]c(C(F)(F)F)nc1CC1CNC1. The van der Waals surface area contributed by atoms with E-state index in [4.69, 9.17) is 0 Å². The summed E-state index contributed by atoms with van der Waals surface area (Å²) in [4.78, 5) is 5.88. The first-order valence-corrected chi connectivity index (χ1v) is 4.80. The Morgan fingerprint density at radius 3 is 2.47 bits per heavy atom. The van der Waals surface area contributed by atoms with Crippen molar-refractivity contribution in [1.29, 1.82) is 0 Å². The molecule has 1 aliphatic heterocycles. The number of nitrogens with one attached hydrogen (secondary N) is 2. The minimum absolute atomic E-state index is 0.424. The van der Waals surface area contributed by atoms with Gasteiger partial charge in [0.2, 0.25) is 5.82 Å². The summed E-state index contributed by atoms with van der Waals surface area (Å²) in [6, 6.07) is 0. The first-order chi connectivity index (χ1) is 6.97. The number of hydrogen-bond donors (Lipinski definition) is 2. The predicted molar refractivity (Wildman–Crippen MR) is 48.4 cm³/mol. The molecule has 2 N–H and O–H groups in total. The molecule has 0 spiro atoms. The number of aryl methyl sites for hydroxylation is 1. The number of aromatic amines is 1. The number of imidazole rings is 1. The van der Waals surface area contributed by atoms with E-state index in [2.05, 4.69) is 15.3 Å². The van der Waals surface area contributed by atoms with Crippen molar-refractivity contribution in [2.75, 3.05) is 13.1 Å². The van der Waals surface area contributed by atoms with Gasteiger partial charge in [-0.25, -0.2) is 4.98 Å². The molecule has 0 atom stereocenters. The van der Waals surface area contributed by atoms with Crippen LogP contribution in [0, 0.1) is 12.8 Å². The van der Waals surface area contributed by atoms with Gasteiger partial charge in [0, 0.05) is 5.69 Å². The molecular formula is C9H12F3N3. The second-order valence-electron chi connectivity index (χ2n) is 3.88. The summed E-state index contributed by atoms with van der Waals surface area (Å²) in [6.07, 6.45) is -3.76. The van der Waals surface area contributed by atoms with Crippen LogP contribution in [0.4, 0.5) is 13.2 Å². The molecule has 0 unspecified atom stereocenters. The van der Waals surface area contributed by atoms with Gasteiger partial charge in [-0.15, -0.1) is 0 Å². The van der Waals surface area contributed by atoms with Gasteiger partial charge >= 0.3 is 6.18 Å². The molecule has 1 aromatic rings. The Hall–Kier alpha value is -1.04. The second kappa shape index (κ2) is 3.52. The number of rotatable bonds is 2. The average Bonchev–Trinajstić information content (AvgIpc) is 2.39. The molecule has 1 aromatic heterocycles. The maximum atomic E-state index is 12.3. The Kier molecular flexibility index (Phi) is 2.46. The highest BCUT2D eigenvalue weighted by atomic mass is 19.4. The molecular weight excluding hydrogens is 207 g/mol. The van der Waals surface area contributed by atoms with Crippen LogP contribution in [0.2, 0.25) is 0 Å². The third-order valence-electron chi connectivity index (χ3n) is 2.60. The molecule has 84 valence electrons. The summed E-state index contributed by atoms with van der Waals surface area (Å²) in [5, 5.41) is 3.08. The van der Waals surface area contributed by atoms with Gasteiger partial charge in [0.05, 0.1) is 5.69 Å². The molecule has 0 bridgehead atoms. The highest BCUT2D eigenvalue weighted by Crippen LogP contribution is 2.28. The van der Waals surface area contributed by atoms with Crippen LogP contribution in [-0.2, 0) is 12.6 Å². The quantitative estimate of drug-likeness (QED) is 0.791. The summed E-state index contributed by atoms with van der Waals surface area (Å²) in [5.74, 6) is -0.463. The van der Waals surface area contributed by atoms with E-state index in [0.29, 0.717) is 23.7 Å². The monoisotopic (exact) mass is 219 g/mol.